The standard InChI is InChI=1S/C13H17NO6S/c1-20-13(17)6-7-21(18,19)14-9-11-5-3-2-4-10(11)8-12(15)16/h2-5,14H,6-9H2,1H3,(H,15,16). The largest absolute Gasteiger partial charge is 0.481 e. The normalized spacial score (nSPS) is 11.1. The zero-order chi connectivity index (χ0) is 15.9. The zero-order valence-corrected chi connectivity index (χ0v) is 12.4. The molecular weight excluding hydrogens is 298 g/mol. The molecular formula is C13H17NO6S. The third kappa shape index (κ3) is 6.37. The monoisotopic (exact) mass is 315 g/mol. The third-order valence-corrected chi connectivity index (χ3v) is 4.07. The van der Waals surface area contributed by atoms with Crippen LogP contribution in [0.15, 0.2) is 24.3 Å². The van der Waals surface area contributed by atoms with Crippen molar-refractivity contribution in [3.63, 3.8) is 0 Å². The molecule has 0 atom stereocenters. The number of nitrogens with one attached hydrogen (secondary N) is 1. The van der Waals surface area contributed by atoms with Crippen LogP contribution in [0.4, 0.5) is 0 Å². The number of benzene rings is 1. The van der Waals surface area contributed by atoms with Crippen molar-refractivity contribution in [2.45, 2.75) is 19.4 Å². The number of carboxylic acids is 1. The summed E-state index contributed by atoms with van der Waals surface area (Å²) in [5.41, 5.74) is 1.13. The van der Waals surface area contributed by atoms with Gasteiger partial charge in [-0.15, -0.1) is 0 Å². The molecule has 0 aromatic heterocycles. The summed E-state index contributed by atoms with van der Waals surface area (Å²) in [6, 6.07) is 6.67. The SMILES string of the molecule is COC(=O)CCS(=O)(=O)NCc1ccccc1CC(=O)O. The van der Waals surface area contributed by atoms with Gasteiger partial charge >= 0.3 is 11.9 Å². The Morgan fingerprint density at radius 1 is 1.24 bits per heavy atom. The van der Waals surface area contributed by atoms with E-state index in [1.807, 2.05) is 0 Å². The number of sulfonamides is 1. The highest BCUT2D eigenvalue weighted by Crippen LogP contribution is 2.10. The highest BCUT2D eigenvalue weighted by molar-refractivity contribution is 7.89. The molecule has 21 heavy (non-hydrogen) atoms. The number of carbonyl (C=O) groups excluding carboxylic acids is 1. The summed E-state index contributed by atoms with van der Waals surface area (Å²) in [5, 5.41) is 8.80. The Hall–Kier alpha value is -1.93. The van der Waals surface area contributed by atoms with Gasteiger partial charge in [-0.05, 0) is 11.1 Å². The maximum Gasteiger partial charge on any atom is 0.307 e. The van der Waals surface area contributed by atoms with Crippen molar-refractivity contribution >= 4 is 22.0 Å². The van der Waals surface area contributed by atoms with Gasteiger partial charge in [0.1, 0.15) is 0 Å². The molecule has 7 nitrogen and oxygen atoms in total. The van der Waals surface area contributed by atoms with Crippen LogP contribution in [0, 0.1) is 0 Å². The summed E-state index contributed by atoms with van der Waals surface area (Å²) in [6.07, 6.45) is -0.414. The minimum Gasteiger partial charge on any atom is -0.481 e. The highest BCUT2D eigenvalue weighted by atomic mass is 32.2. The number of hydrogen-bond acceptors (Lipinski definition) is 5. The molecule has 0 aliphatic heterocycles. The second-order valence-corrected chi connectivity index (χ2v) is 6.23. The molecule has 1 rings (SSSR count). The van der Waals surface area contributed by atoms with Gasteiger partial charge in [-0.2, -0.15) is 0 Å². The van der Waals surface area contributed by atoms with Gasteiger partial charge in [0.2, 0.25) is 10.0 Å². The minimum absolute atomic E-state index is 0.0209. The topological polar surface area (TPSA) is 110 Å². The lowest BCUT2D eigenvalue weighted by Gasteiger charge is -2.09. The lowest BCUT2D eigenvalue weighted by atomic mass is 10.1. The molecule has 116 valence electrons. The van der Waals surface area contributed by atoms with E-state index in [0.717, 1.165) is 0 Å². The number of hydrogen-bond donors (Lipinski definition) is 2. The van der Waals surface area contributed by atoms with Crippen molar-refractivity contribution in [3.05, 3.63) is 35.4 Å². The molecule has 0 spiro atoms. The van der Waals surface area contributed by atoms with E-state index in [-0.39, 0.29) is 25.1 Å². The molecule has 0 aliphatic carbocycles. The summed E-state index contributed by atoms with van der Waals surface area (Å²) >= 11 is 0. The maximum absolute atomic E-state index is 11.7. The first-order valence-corrected chi connectivity index (χ1v) is 7.82. The fourth-order valence-electron chi connectivity index (χ4n) is 1.64. The Labute approximate surface area is 123 Å². The van der Waals surface area contributed by atoms with E-state index in [0.29, 0.717) is 11.1 Å². The van der Waals surface area contributed by atoms with Crippen LogP contribution in [-0.4, -0.2) is 38.3 Å². The number of rotatable bonds is 8. The molecule has 0 aliphatic rings. The number of ether oxygens (including phenoxy) is 1. The summed E-state index contributed by atoms with van der Waals surface area (Å²) in [5.74, 6) is -1.97. The Morgan fingerprint density at radius 2 is 1.86 bits per heavy atom. The quantitative estimate of drug-likeness (QED) is 0.668. The molecule has 1 aromatic carbocycles. The van der Waals surface area contributed by atoms with E-state index < -0.39 is 22.0 Å². The summed E-state index contributed by atoms with van der Waals surface area (Å²) in [6.45, 7) is -0.0209. The average Bonchev–Trinajstić information content (AvgIpc) is 2.43. The Bertz CT molecular complexity index is 611. The first kappa shape index (κ1) is 17.1. The Morgan fingerprint density at radius 3 is 2.43 bits per heavy atom. The van der Waals surface area contributed by atoms with E-state index >= 15 is 0 Å². The van der Waals surface area contributed by atoms with Crippen molar-refractivity contribution in [2.75, 3.05) is 12.9 Å². The van der Waals surface area contributed by atoms with Crippen molar-refractivity contribution in [2.24, 2.45) is 0 Å². The summed E-state index contributed by atoms with van der Waals surface area (Å²) in [4.78, 5) is 21.7. The Kier molecular flexibility index (Phi) is 6.32. The first-order chi connectivity index (χ1) is 9.84. The van der Waals surface area contributed by atoms with Crippen LogP contribution in [0.25, 0.3) is 0 Å². The number of carbonyl (C=O) groups is 2. The van der Waals surface area contributed by atoms with E-state index in [1.165, 1.54) is 7.11 Å². The zero-order valence-electron chi connectivity index (χ0n) is 11.5. The van der Waals surface area contributed by atoms with Gasteiger partial charge in [0, 0.05) is 6.54 Å². The second-order valence-electron chi connectivity index (χ2n) is 4.31. The van der Waals surface area contributed by atoms with Crippen LogP contribution in [0.3, 0.4) is 0 Å². The number of esters is 1. The highest BCUT2D eigenvalue weighted by Gasteiger charge is 2.14. The molecule has 0 fully saturated rings. The van der Waals surface area contributed by atoms with E-state index in [2.05, 4.69) is 9.46 Å². The molecule has 0 saturated heterocycles. The van der Waals surface area contributed by atoms with Gasteiger partial charge in [0.15, 0.2) is 0 Å². The van der Waals surface area contributed by atoms with Crippen LogP contribution >= 0.6 is 0 Å². The third-order valence-electron chi connectivity index (χ3n) is 2.75. The first-order valence-electron chi connectivity index (χ1n) is 6.17. The summed E-state index contributed by atoms with van der Waals surface area (Å²) < 4.78 is 30.2. The van der Waals surface area contributed by atoms with Crippen molar-refractivity contribution in [3.8, 4) is 0 Å². The molecule has 0 bridgehead atoms. The lowest BCUT2D eigenvalue weighted by molar-refractivity contribution is -0.140. The smallest absolute Gasteiger partial charge is 0.307 e. The van der Waals surface area contributed by atoms with E-state index in [4.69, 9.17) is 5.11 Å². The van der Waals surface area contributed by atoms with Crippen LogP contribution in [0.5, 0.6) is 0 Å². The van der Waals surface area contributed by atoms with Crippen LogP contribution < -0.4 is 4.72 Å². The predicted octanol–water partition coefficient (Wildman–Crippen LogP) is 0.296. The van der Waals surface area contributed by atoms with Gasteiger partial charge in [0.05, 0.1) is 25.7 Å². The molecule has 0 heterocycles. The van der Waals surface area contributed by atoms with Crippen molar-refractivity contribution in [1.29, 1.82) is 0 Å². The van der Waals surface area contributed by atoms with Crippen molar-refractivity contribution < 1.29 is 27.9 Å². The maximum atomic E-state index is 11.7. The van der Waals surface area contributed by atoms with Crippen LogP contribution in [0.2, 0.25) is 0 Å². The molecule has 0 amide bonds. The predicted molar refractivity (Wildman–Crippen MR) is 75.0 cm³/mol. The number of aliphatic carboxylic acids is 1. The molecule has 0 radical (unpaired) electrons. The van der Waals surface area contributed by atoms with Crippen LogP contribution in [0.1, 0.15) is 17.5 Å². The van der Waals surface area contributed by atoms with Gasteiger partial charge in [0.25, 0.3) is 0 Å². The summed E-state index contributed by atoms with van der Waals surface area (Å²) in [7, 11) is -2.44. The van der Waals surface area contributed by atoms with E-state index in [9.17, 15) is 18.0 Å². The number of methoxy groups -OCH3 is 1. The van der Waals surface area contributed by atoms with Gasteiger partial charge in [-0.1, -0.05) is 24.3 Å². The Balaban J connectivity index is 2.66. The average molecular weight is 315 g/mol. The van der Waals surface area contributed by atoms with Crippen molar-refractivity contribution in [1.82, 2.24) is 4.72 Å². The van der Waals surface area contributed by atoms with Crippen LogP contribution in [-0.2, 0) is 37.3 Å². The molecule has 0 unspecified atom stereocenters. The van der Waals surface area contributed by atoms with E-state index in [1.54, 1.807) is 24.3 Å². The van der Waals surface area contributed by atoms with Gasteiger partial charge in [-0.25, -0.2) is 13.1 Å². The second kappa shape index (κ2) is 7.75. The molecule has 8 heteroatoms. The van der Waals surface area contributed by atoms with Gasteiger partial charge < -0.3 is 9.84 Å². The molecule has 2 N–H and O–H groups in total. The fourth-order valence-corrected chi connectivity index (χ4v) is 2.60. The molecule has 0 saturated carbocycles. The number of carboxylic acid groups (broad SMARTS) is 1. The fraction of sp³-hybridized carbons (Fsp3) is 0.385. The van der Waals surface area contributed by atoms with Gasteiger partial charge in [-0.3, -0.25) is 9.59 Å². The molecule has 1 aromatic rings. The minimum atomic E-state index is -3.63. The lowest BCUT2D eigenvalue weighted by Crippen LogP contribution is -2.27.